The molecule has 0 heterocycles. The number of carbonyl (C=O) groups is 1. The van der Waals surface area contributed by atoms with Gasteiger partial charge in [0.25, 0.3) is 5.91 Å². The number of fused-ring (bicyclic) bond motifs is 3. The number of rotatable bonds is 11. The molecule has 0 aromatic heterocycles. The zero-order valence-electron chi connectivity index (χ0n) is 18.4. The van der Waals surface area contributed by atoms with Gasteiger partial charge in [0.15, 0.2) is 0 Å². The van der Waals surface area contributed by atoms with Crippen molar-refractivity contribution in [2.45, 2.75) is 83.5 Å². The van der Waals surface area contributed by atoms with Gasteiger partial charge in [0, 0.05) is 15.5 Å². The highest BCUT2D eigenvalue weighted by atomic mass is 79.9. The number of halogens is 1. The van der Waals surface area contributed by atoms with Crippen LogP contribution in [0.4, 0.5) is 0 Å². The zero-order valence-corrected chi connectivity index (χ0v) is 20.0. The van der Waals surface area contributed by atoms with Crippen LogP contribution < -0.4 is 11.3 Å². The molecule has 0 spiro atoms. The van der Waals surface area contributed by atoms with Crippen LogP contribution >= 0.6 is 15.9 Å². The lowest BCUT2D eigenvalue weighted by molar-refractivity contribution is 0.0953. The summed E-state index contributed by atoms with van der Waals surface area (Å²) in [4.78, 5) is 12.3. The maximum Gasteiger partial charge on any atom is 0.265 e. The van der Waals surface area contributed by atoms with Gasteiger partial charge in [-0.3, -0.25) is 10.2 Å². The van der Waals surface area contributed by atoms with Crippen LogP contribution in [0.1, 0.15) is 99.5 Å². The molecule has 1 aliphatic rings. The standard InChI is InChI=1S/C26H35BrN2O/c1-3-5-7-9-15-26(16-10-8-6-4-2)23-17-19(25(30)29-28)11-13-21(23)22-14-12-20(27)18-24(22)26/h11-14,17-18H,3-10,15-16,28H2,1-2H3,(H,29,30). The van der Waals surface area contributed by atoms with Gasteiger partial charge in [-0.15, -0.1) is 0 Å². The normalized spacial score (nSPS) is 13.7. The van der Waals surface area contributed by atoms with Crippen molar-refractivity contribution in [3.63, 3.8) is 0 Å². The number of nitrogens with two attached hydrogens (primary N) is 1. The Morgan fingerprint density at radius 3 is 2.00 bits per heavy atom. The van der Waals surface area contributed by atoms with Crippen LogP contribution in [0, 0.1) is 0 Å². The van der Waals surface area contributed by atoms with Gasteiger partial charge in [-0.25, -0.2) is 5.84 Å². The highest BCUT2D eigenvalue weighted by Gasteiger charge is 2.42. The fraction of sp³-hybridized carbons (Fsp3) is 0.500. The lowest BCUT2D eigenvalue weighted by atomic mass is 9.70. The van der Waals surface area contributed by atoms with Crippen molar-refractivity contribution >= 4 is 21.8 Å². The quantitative estimate of drug-likeness (QED) is 0.157. The largest absolute Gasteiger partial charge is 0.290 e. The molecule has 0 radical (unpaired) electrons. The fourth-order valence-corrected chi connectivity index (χ4v) is 5.42. The molecule has 3 rings (SSSR count). The highest BCUT2D eigenvalue weighted by Crippen LogP contribution is 2.55. The SMILES string of the molecule is CCCCCCC1(CCCCCC)c2cc(Br)ccc2-c2ccc(C(=O)NN)cc21. The lowest BCUT2D eigenvalue weighted by Gasteiger charge is -2.33. The Kier molecular flexibility index (Phi) is 8.13. The van der Waals surface area contributed by atoms with Crippen molar-refractivity contribution in [1.82, 2.24) is 5.43 Å². The Hall–Kier alpha value is -1.65. The van der Waals surface area contributed by atoms with Gasteiger partial charge in [0.2, 0.25) is 0 Å². The molecule has 30 heavy (non-hydrogen) atoms. The molecule has 2 aromatic rings. The minimum absolute atomic E-state index is 0.0270. The van der Waals surface area contributed by atoms with E-state index in [4.69, 9.17) is 5.84 Å². The fourth-order valence-electron chi connectivity index (χ4n) is 5.06. The minimum atomic E-state index is -0.221. The maximum absolute atomic E-state index is 12.3. The predicted octanol–water partition coefficient (Wildman–Crippen LogP) is 7.26. The number of nitrogens with one attached hydrogen (secondary N) is 1. The first-order chi connectivity index (χ1) is 14.6. The summed E-state index contributed by atoms with van der Waals surface area (Å²) < 4.78 is 1.13. The smallest absolute Gasteiger partial charge is 0.265 e. The van der Waals surface area contributed by atoms with Gasteiger partial charge in [-0.05, 0) is 59.4 Å². The van der Waals surface area contributed by atoms with E-state index in [-0.39, 0.29) is 11.3 Å². The van der Waals surface area contributed by atoms with Crippen molar-refractivity contribution in [2.24, 2.45) is 5.84 Å². The molecule has 3 N–H and O–H groups in total. The summed E-state index contributed by atoms with van der Waals surface area (Å²) >= 11 is 3.72. The predicted molar refractivity (Wildman–Crippen MR) is 130 cm³/mol. The van der Waals surface area contributed by atoms with Crippen LogP contribution in [-0.4, -0.2) is 5.91 Å². The molecular weight excluding hydrogens is 436 g/mol. The number of hydrazine groups is 1. The summed E-state index contributed by atoms with van der Waals surface area (Å²) in [5.74, 6) is 5.22. The van der Waals surface area contributed by atoms with Crippen molar-refractivity contribution in [3.8, 4) is 11.1 Å². The van der Waals surface area contributed by atoms with E-state index in [1.54, 1.807) is 0 Å². The molecule has 1 amide bonds. The van der Waals surface area contributed by atoms with Gasteiger partial charge >= 0.3 is 0 Å². The van der Waals surface area contributed by atoms with E-state index in [2.05, 4.69) is 65.5 Å². The number of unbranched alkanes of at least 4 members (excludes halogenated alkanes) is 6. The average molecular weight is 471 g/mol. The number of amides is 1. The van der Waals surface area contributed by atoms with E-state index < -0.39 is 0 Å². The van der Waals surface area contributed by atoms with E-state index in [1.165, 1.54) is 73.6 Å². The topological polar surface area (TPSA) is 55.1 Å². The molecule has 0 fully saturated rings. The molecule has 4 heteroatoms. The number of benzene rings is 2. The van der Waals surface area contributed by atoms with Crippen molar-refractivity contribution in [2.75, 3.05) is 0 Å². The second kappa shape index (κ2) is 10.6. The molecular formula is C26H35BrN2O. The Morgan fingerprint density at radius 2 is 1.43 bits per heavy atom. The summed E-state index contributed by atoms with van der Waals surface area (Å²) in [6.07, 6.45) is 12.2. The molecule has 0 saturated carbocycles. The molecule has 0 saturated heterocycles. The van der Waals surface area contributed by atoms with E-state index in [9.17, 15) is 4.79 Å². The first kappa shape index (κ1) is 23.0. The van der Waals surface area contributed by atoms with Gasteiger partial charge in [0.05, 0.1) is 0 Å². The molecule has 0 unspecified atom stereocenters. The van der Waals surface area contributed by atoms with E-state index in [0.717, 1.165) is 17.3 Å². The van der Waals surface area contributed by atoms with Gasteiger partial charge in [-0.1, -0.05) is 93.3 Å². The summed E-state index contributed by atoms with van der Waals surface area (Å²) in [5.41, 5.74) is 8.25. The maximum atomic E-state index is 12.3. The summed E-state index contributed by atoms with van der Waals surface area (Å²) in [6, 6.07) is 12.8. The van der Waals surface area contributed by atoms with Crippen molar-refractivity contribution in [3.05, 3.63) is 57.6 Å². The molecule has 3 nitrogen and oxygen atoms in total. The van der Waals surface area contributed by atoms with Gasteiger partial charge < -0.3 is 0 Å². The Labute approximate surface area is 189 Å². The molecule has 0 atom stereocenters. The molecule has 162 valence electrons. The van der Waals surface area contributed by atoms with Crippen LogP contribution in [0.15, 0.2) is 40.9 Å². The van der Waals surface area contributed by atoms with E-state index in [1.807, 2.05) is 6.07 Å². The monoisotopic (exact) mass is 470 g/mol. The lowest BCUT2D eigenvalue weighted by Crippen LogP contribution is -2.31. The van der Waals surface area contributed by atoms with Crippen LogP contribution in [0.3, 0.4) is 0 Å². The highest BCUT2D eigenvalue weighted by molar-refractivity contribution is 9.10. The van der Waals surface area contributed by atoms with Gasteiger partial charge in [0.1, 0.15) is 0 Å². The minimum Gasteiger partial charge on any atom is -0.290 e. The van der Waals surface area contributed by atoms with Crippen LogP contribution in [0.5, 0.6) is 0 Å². The average Bonchev–Trinajstić information content (AvgIpc) is 3.02. The second-order valence-electron chi connectivity index (χ2n) is 8.63. The van der Waals surface area contributed by atoms with E-state index in [0.29, 0.717) is 5.56 Å². The van der Waals surface area contributed by atoms with Crippen LogP contribution in [0.25, 0.3) is 11.1 Å². The number of carbonyl (C=O) groups excluding carboxylic acids is 1. The third kappa shape index (κ3) is 4.65. The third-order valence-corrected chi connectivity index (χ3v) is 7.12. The van der Waals surface area contributed by atoms with Gasteiger partial charge in [-0.2, -0.15) is 0 Å². The van der Waals surface area contributed by atoms with Crippen molar-refractivity contribution in [1.29, 1.82) is 0 Å². The number of hydrogen-bond donors (Lipinski definition) is 2. The molecule has 0 bridgehead atoms. The second-order valence-corrected chi connectivity index (χ2v) is 9.54. The van der Waals surface area contributed by atoms with Crippen LogP contribution in [0.2, 0.25) is 0 Å². The Morgan fingerprint density at radius 1 is 0.867 bits per heavy atom. The first-order valence-electron chi connectivity index (χ1n) is 11.5. The van der Waals surface area contributed by atoms with Crippen molar-refractivity contribution < 1.29 is 4.79 Å². The molecule has 0 aliphatic heterocycles. The molecule has 2 aromatic carbocycles. The molecule has 1 aliphatic carbocycles. The van der Waals surface area contributed by atoms with Crippen LogP contribution in [-0.2, 0) is 5.41 Å². The number of hydrogen-bond acceptors (Lipinski definition) is 2. The number of nitrogen functional groups attached to an aromatic ring is 1. The zero-order chi connectivity index (χ0) is 21.6. The van der Waals surface area contributed by atoms with E-state index >= 15 is 0 Å². The summed E-state index contributed by atoms with van der Waals surface area (Å²) in [5, 5.41) is 0. The summed E-state index contributed by atoms with van der Waals surface area (Å²) in [7, 11) is 0. The Balaban J connectivity index is 2.09. The summed E-state index contributed by atoms with van der Waals surface area (Å²) in [6.45, 7) is 4.52. The Bertz CT molecular complexity index is 865. The third-order valence-electron chi connectivity index (χ3n) is 6.63. The first-order valence-corrected chi connectivity index (χ1v) is 12.3.